The molecule has 48 heavy (non-hydrogen) atoms. The van der Waals surface area contributed by atoms with Gasteiger partial charge in [-0.05, 0) is 77.4 Å². The number of nitriles is 1. The third kappa shape index (κ3) is 5.28. The highest BCUT2D eigenvalue weighted by Crippen LogP contribution is 2.55. The van der Waals surface area contributed by atoms with Crippen molar-refractivity contribution >= 4 is 28.2 Å². The average molecular weight is 671 g/mol. The highest BCUT2D eigenvalue weighted by molar-refractivity contribution is 7.16. The van der Waals surface area contributed by atoms with Crippen LogP contribution in [-0.2, 0) is 23.0 Å². The number of nitrogens with two attached hydrogens (primary N) is 1. The van der Waals surface area contributed by atoms with Gasteiger partial charge in [-0.2, -0.15) is 10.2 Å². The van der Waals surface area contributed by atoms with Crippen molar-refractivity contribution in [3.63, 3.8) is 0 Å². The number of nitrogen functional groups attached to an aromatic ring is 1. The summed E-state index contributed by atoms with van der Waals surface area (Å²) in [5.74, 6) is 2.38. The first-order chi connectivity index (χ1) is 23.3. The van der Waals surface area contributed by atoms with Crippen molar-refractivity contribution in [2.24, 2.45) is 0 Å². The second-order valence-corrected chi connectivity index (χ2v) is 14.4. The van der Waals surface area contributed by atoms with Crippen LogP contribution in [0.15, 0.2) is 22.9 Å². The molecule has 4 aromatic rings. The number of thiophene rings is 1. The van der Waals surface area contributed by atoms with Crippen molar-refractivity contribution in [3.05, 3.63) is 45.7 Å². The highest BCUT2D eigenvalue weighted by atomic mass is 32.1. The van der Waals surface area contributed by atoms with Gasteiger partial charge in [-0.1, -0.05) is 5.16 Å². The number of likely N-dealkylation sites (tertiary alicyclic amines) is 1. The standard InChI is InChI=1S/C33H38N10O4S/c1-18(22-7-5-12-42(22)2)46-26-14-25(43-13-9-24(40-43)37-32(44)36-19-16-45-17-19)38-31(39-26)28-20-6-3-10-33(29(20)47-41-28)11-4-8-23-27(33)21(15-34)30(35)48-23/h9,13-14,18-19,22H,3-8,10-12,16-17,35H2,1-2H3,(H2,36,37,40,44)/t18-,22-,33?/m0/s1. The van der Waals surface area contributed by atoms with E-state index in [1.807, 2.05) is 0 Å². The van der Waals surface area contributed by atoms with Crippen LogP contribution in [0.2, 0.25) is 0 Å². The van der Waals surface area contributed by atoms with Gasteiger partial charge >= 0.3 is 6.03 Å². The first-order valence-corrected chi connectivity index (χ1v) is 17.4. The molecule has 1 spiro atoms. The van der Waals surface area contributed by atoms with Crippen LogP contribution in [0.5, 0.6) is 5.88 Å². The number of ether oxygens (including phenoxy) is 2. The van der Waals surface area contributed by atoms with E-state index in [4.69, 9.17) is 29.7 Å². The number of hydrogen-bond donors (Lipinski definition) is 3. The van der Waals surface area contributed by atoms with Gasteiger partial charge < -0.3 is 25.0 Å². The molecule has 15 heteroatoms. The van der Waals surface area contributed by atoms with E-state index < -0.39 is 5.41 Å². The van der Waals surface area contributed by atoms with E-state index in [1.54, 1.807) is 23.0 Å². The smallest absolute Gasteiger partial charge is 0.320 e. The van der Waals surface area contributed by atoms with Crippen LogP contribution in [0.4, 0.5) is 15.6 Å². The summed E-state index contributed by atoms with van der Waals surface area (Å²) in [6.45, 7) is 4.09. The largest absolute Gasteiger partial charge is 0.473 e. The minimum atomic E-state index is -0.459. The molecule has 2 aliphatic carbocycles. The van der Waals surface area contributed by atoms with Crippen molar-refractivity contribution in [1.82, 2.24) is 35.1 Å². The molecule has 250 valence electrons. The van der Waals surface area contributed by atoms with Crippen molar-refractivity contribution in [3.8, 4) is 29.3 Å². The first-order valence-electron chi connectivity index (χ1n) is 16.6. The van der Waals surface area contributed by atoms with E-state index in [1.165, 1.54) is 16.2 Å². The van der Waals surface area contributed by atoms with Crippen LogP contribution in [0, 0.1) is 11.3 Å². The number of aromatic nitrogens is 5. The molecule has 4 N–H and O–H groups in total. The number of amides is 2. The van der Waals surface area contributed by atoms with Gasteiger partial charge in [0.25, 0.3) is 0 Å². The van der Waals surface area contributed by atoms with E-state index in [-0.39, 0.29) is 24.2 Å². The summed E-state index contributed by atoms with van der Waals surface area (Å²) in [6, 6.07) is 5.75. The summed E-state index contributed by atoms with van der Waals surface area (Å²) in [5, 5.41) is 25.5. The summed E-state index contributed by atoms with van der Waals surface area (Å²) in [4.78, 5) is 25.7. The SMILES string of the molecule is C[C@H](Oc1cc(-n2ccc(NC(=O)NC3COC3)n2)nc(-c2noc3c2CCCC32CCCc3sc(N)c(C#N)c32)n1)[C@@H]1CCCN1C. The van der Waals surface area contributed by atoms with E-state index in [2.05, 4.69) is 45.8 Å². The summed E-state index contributed by atoms with van der Waals surface area (Å²) in [5.41, 5.74) is 8.99. The fourth-order valence-corrected chi connectivity index (χ4v) is 9.05. The van der Waals surface area contributed by atoms with Gasteiger partial charge in [0.1, 0.15) is 17.2 Å². The molecule has 4 aliphatic rings. The van der Waals surface area contributed by atoms with Crippen LogP contribution in [0.25, 0.3) is 17.3 Å². The Morgan fingerprint density at radius 1 is 1.25 bits per heavy atom. The Kier molecular flexibility index (Phi) is 7.81. The Labute approximate surface area is 281 Å². The second kappa shape index (κ2) is 12.2. The van der Waals surface area contributed by atoms with E-state index >= 15 is 0 Å². The number of fused-ring (bicyclic) bond motifs is 4. The number of carbonyl (C=O) groups is 1. The van der Waals surface area contributed by atoms with Crippen LogP contribution >= 0.6 is 11.3 Å². The second-order valence-electron chi connectivity index (χ2n) is 13.3. The van der Waals surface area contributed by atoms with Crippen molar-refractivity contribution < 1.29 is 18.8 Å². The Balaban J connectivity index is 1.17. The quantitative estimate of drug-likeness (QED) is 0.257. The fraction of sp³-hybridized carbons (Fsp3) is 0.515. The van der Waals surface area contributed by atoms with Crippen molar-refractivity contribution in [2.75, 3.05) is 37.9 Å². The molecule has 2 saturated heterocycles. The highest BCUT2D eigenvalue weighted by Gasteiger charge is 2.49. The number of nitrogens with one attached hydrogen (secondary N) is 2. The maximum atomic E-state index is 12.5. The maximum Gasteiger partial charge on any atom is 0.320 e. The molecule has 6 heterocycles. The number of anilines is 2. The Morgan fingerprint density at radius 2 is 2.08 bits per heavy atom. The Bertz CT molecular complexity index is 1900. The number of rotatable bonds is 7. The zero-order chi connectivity index (χ0) is 33.0. The lowest BCUT2D eigenvalue weighted by atomic mass is 9.63. The molecule has 2 fully saturated rings. The third-order valence-electron chi connectivity index (χ3n) is 10.2. The predicted octanol–water partition coefficient (Wildman–Crippen LogP) is 4.17. The van der Waals surface area contributed by atoms with E-state index in [0.717, 1.165) is 74.8 Å². The van der Waals surface area contributed by atoms with E-state index in [0.29, 0.717) is 52.8 Å². The normalized spacial score (nSPS) is 22.8. The van der Waals surface area contributed by atoms with Crippen molar-refractivity contribution in [2.45, 2.75) is 81.9 Å². The molecular weight excluding hydrogens is 632 g/mol. The number of aryl methyl sites for hydroxylation is 1. The van der Waals surface area contributed by atoms with Crippen LogP contribution < -0.4 is 21.1 Å². The minimum Gasteiger partial charge on any atom is -0.473 e. The molecule has 2 aliphatic heterocycles. The van der Waals surface area contributed by atoms with E-state index in [9.17, 15) is 10.1 Å². The molecule has 0 saturated carbocycles. The lowest BCUT2D eigenvalue weighted by Gasteiger charge is -2.39. The molecule has 2 amide bonds. The number of urea groups is 1. The van der Waals surface area contributed by atoms with Crippen LogP contribution in [0.1, 0.15) is 72.8 Å². The zero-order valence-electron chi connectivity index (χ0n) is 27.0. The minimum absolute atomic E-state index is 0.00609. The molecule has 0 bridgehead atoms. The molecule has 0 radical (unpaired) electrons. The summed E-state index contributed by atoms with van der Waals surface area (Å²) < 4.78 is 19.5. The molecule has 3 atom stereocenters. The summed E-state index contributed by atoms with van der Waals surface area (Å²) in [7, 11) is 2.12. The average Bonchev–Trinajstić information content (AvgIpc) is 3.85. The molecule has 8 rings (SSSR count). The van der Waals surface area contributed by atoms with Gasteiger partial charge in [0, 0.05) is 34.8 Å². The van der Waals surface area contributed by atoms with Crippen LogP contribution in [0.3, 0.4) is 0 Å². The Hall–Kier alpha value is -4.52. The molecule has 4 aromatic heterocycles. The molecule has 1 unspecified atom stereocenters. The lowest BCUT2D eigenvalue weighted by molar-refractivity contribution is 0.000730. The van der Waals surface area contributed by atoms with Gasteiger partial charge in [-0.3, -0.25) is 10.2 Å². The molecular formula is C33H38N10O4S. The topological polar surface area (TPSA) is 182 Å². The zero-order valence-corrected chi connectivity index (χ0v) is 27.8. The number of nitrogens with zero attached hydrogens (tertiary/aromatic N) is 7. The first kappa shape index (κ1) is 30.8. The lowest BCUT2D eigenvalue weighted by Crippen LogP contribution is -2.50. The van der Waals surface area contributed by atoms with Gasteiger partial charge in [0.15, 0.2) is 28.9 Å². The number of hydrogen-bond acceptors (Lipinski definition) is 12. The van der Waals surface area contributed by atoms with Gasteiger partial charge in [-0.15, -0.1) is 16.4 Å². The fourth-order valence-electron chi connectivity index (χ4n) is 7.89. The summed E-state index contributed by atoms with van der Waals surface area (Å²) >= 11 is 1.52. The Morgan fingerprint density at radius 3 is 2.83 bits per heavy atom. The number of carbonyl (C=O) groups excluding carboxylic acids is 1. The van der Waals surface area contributed by atoms with Gasteiger partial charge in [0.05, 0.1) is 30.2 Å². The van der Waals surface area contributed by atoms with Crippen LogP contribution in [-0.4, -0.2) is 80.8 Å². The maximum absolute atomic E-state index is 12.5. The van der Waals surface area contributed by atoms with Crippen molar-refractivity contribution in [1.29, 1.82) is 5.26 Å². The third-order valence-corrected chi connectivity index (χ3v) is 11.3. The summed E-state index contributed by atoms with van der Waals surface area (Å²) in [6.07, 6.45) is 9.03. The molecule has 14 nitrogen and oxygen atoms in total. The van der Waals surface area contributed by atoms with Gasteiger partial charge in [-0.25, -0.2) is 14.5 Å². The number of likely N-dealkylation sites (N-methyl/N-ethyl adjacent to an activating group) is 1. The monoisotopic (exact) mass is 670 g/mol. The molecule has 0 aromatic carbocycles. The van der Waals surface area contributed by atoms with Gasteiger partial charge in [0.2, 0.25) is 5.88 Å². The predicted molar refractivity (Wildman–Crippen MR) is 177 cm³/mol.